The monoisotopic (exact) mass is 306 g/mol. The molecule has 3 N–H and O–H groups in total. The van der Waals surface area contributed by atoms with Gasteiger partial charge in [0, 0.05) is 24.7 Å². The second-order valence-corrected chi connectivity index (χ2v) is 4.69. The smallest absolute Gasteiger partial charge is 0.233 e. The molecule has 0 bridgehead atoms. The van der Waals surface area contributed by atoms with Crippen LogP contribution in [0.25, 0.3) is 0 Å². The molecule has 0 radical (unpaired) electrons. The first-order valence-electron chi connectivity index (χ1n) is 5.70. The van der Waals surface area contributed by atoms with Crippen LogP contribution in [-0.2, 0) is 4.79 Å². The molecule has 0 spiro atoms. The highest BCUT2D eigenvalue weighted by atomic mass is 35.5. The third-order valence-corrected chi connectivity index (χ3v) is 2.82. The number of rotatable bonds is 7. The molecule has 19 heavy (non-hydrogen) atoms. The fourth-order valence-corrected chi connectivity index (χ4v) is 1.61. The van der Waals surface area contributed by atoms with E-state index in [1.165, 1.54) is 0 Å². The third kappa shape index (κ3) is 6.11. The van der Waals surface area contributed by atoms with Crippen molar-refractivity contribution in [2.24, 2.45) is 0 Å². The van der Waals surface area contributed by atoms with Crippen LogP contribution in [0.2, 0.25) is 10.0 Å². The normalized spacial score (nSPS) is 12.0. The van der Waals surface area contributed by atoms with Gasteiger partial charge in [-0.15, -0.1) is 0 Å². The summed E-state index contributed by atoms with van der Waals surface area (Å²) in [5.74, 6) is 0.269. The lowest BCUT2D eigenvalue weighted by atomic mass is 10.3. The summed E-state index contributed by atoms with van der Waals surface area (Å²) in [6, 6.07) is 4.85. The largest absolute Gasteiger partial charge is 0.489 e. The van der Waals surface area contributed by atoms with E-state index >= 15 is 0 Å². The number of carbonyl (C=O) groups excluding carboxylic acids is 1. The highest BCUT2D eigenvalue weighted by molar-refractivity contribution is 6.34. The Labute approximate surface area is 121 Å². The van der Waals surface area contributed by atoms with E-state index in [-0.39, 0.29) is 25.6 Å². The molecule has 7 heteroatoms. The average Bonchev–Trinajstić information content (AvgIpc) is 2.39. The van der Waals surface area contributed by atoms with Gasteiger partial charge in [-0.3, -0.25) is 4.79 Å². The predicted molar refractivity (Wildman–Crippen MR) is 74.9 cm³/mol. The Hall–Kier alpha value is -1.01. The summed E-state index contributed by atoms with van der Waals surface area (Å²) in [6.45, 7) is 0.442. The van der Waals surface area contributed by atoms with Gasteiger partial charge in [-0.1, -0.05) is 23.2 Å². The number of hydrogen-bond donors (Lipinski definition) is 3. The maximum Gasteiger partial charge on any atom is 0.233 e. The molecule has 0 aliphatic rings. The first-order valence-corrected chi connectivity index (χ1v) is 6.45. The molecule has 0 heterocycles. The van der Waals surface area contributed by atoms with Gasteiger partial charge in [-0.25, -0.2) is 0 Å². The molecule has 1 atom stereocenters. The highest BCUT2D eigenvalue weighted by Gasteiger charge is 2.08. The van der Waals surface area contributed by atoms with Crippen molar-refractivity contribution in [2.75, 3.05) is 26.7 Å². The number of hydrogen-bond acceptors (Lipinski definition) is 4. The minimum atomic E-state index is -0.750. The number of likely N-dealkylation sites (N-methyl/N-ethyl adjacent to an activating group) is 1. The summed E-state index contributed by atoms with van der Waals surface area (Å²) in [4.78, 5) is 10.9. The molecule has 0 aromatic heterocycles. The van der Waals surface area contributed by atoms with Crippen LogP contribution in [0.1, 0.15) is 0 Å². The summed E-state index contributed by atoms with van der Waals surface area (Å²) in [5.41, 5.74) is 0. The summed E-state index contributed by atoms with van der Waals surface area (Å²) in [7, 11) is 1.55. The molecule has 1 rings (SSSR count). The Kier molecular flexibility index (Phi) is 6.94. The standard InChI is InChI=1S/C12H16Cl2N2O3/c1-15-12(18)6-16-5-9(17)7-19-11-4-8(13)2-3-10(11)14/h2-4,9,16-17H,5-7H2,1H3,(H,15,18). The van der Waals surface area contributed by atoms with Crippen molar-refractivity contribution in [3.63, 3.8) is 0 Å². The van der Waals surface area contributed by atoms with E-state index in [4.69, 9.17) is 27.9 Å². The number of halogens is 2. The van der Waals surface area contributed by atoms with Gasteiger partial charge in [0.2, 0.25) is 5.91 Å². The lowest BCUT2D eigenvalue weighted by Gasteiger charge is -2.14. The van der Waals surface area contributed by atoms with Crippen molar-refractivity contribution in [2.45, 2.75) is 6.10 Å². The number of aliphatic hydroxyl groups excluding tert-OH is 1. The molecule has 106 valence electrons. The summed E-state index contributed by atoms with van der Waals surface area (Å²) in [5, 5.41) is 15.9. The Morgan fingerprint density at radius 3 is 2.89 bits per heavy atom. The number of amides is 1. The number of carbonyl (C=O) groups is 1. The third-order valence-electron chi connectivity index (χ3n) is 2.27. The molecular formula is C12H16Cl2N2O3. The van der Waals surface area contributed by atoms with E-state index in [0.29, 0.717) is 15.8 Å². The van der Waals surface area contributed by atoms with Crippen LogP contribution in [0.5, 0.6) is 5.75 Å². The van der Waals surface area contributed by atoms with Gasteiger partial charge in [-0.2, -0.15) is 0 Å². The van der Waals surface area contributed by atoms with E-state index in [1.807, 2.05) is 0 Å². The lowest BCUT2D eigenvalue weighted by Crippen LogP contribution is -2.37. The summed E-state index contributed by atoms with van der Waals surface area (Å²) >= 11 is 11.7. The Morgan fingerprint density at radius 1 is 1.47 bits per heavy atom. The molecule has 0 fully saturated rings. The van der Waals surface area contributed by atoms with E-state index < -0.39 is 6.10 Å². The van der Waals surface area contributed by atoms with E-state index in [0.717, 1.165) is 0 Å². The van der Waals surface area contributed by atoms with Crippen LogP contribution in [0.4, 0.5) is 0 Å². The highest BCUT2D eigenvalue weighted by Crippen LogP contribution is 2.27. The van der Waals surface area contributed by atoms with Crippen molar-refractivity contribution in [1.29, 1.82) is 0 Å². The second kappa shape index (κ2) is 8.22. The number of aliphatic hydroxyl groups is 1. The van der Waals surface area contributed by atoms with Gasteiger partial charge < -0.3 is 20.5 Å². The molecule has 0 aliphatic heterocycles. The van der Waals surface area contributed by atoms with Gasteiger partial charge >= 0.3 is 0 Å². The molecule has 0 saturated carbocycles. The van der Waals surface area contributed by atoms with Crippen LogP contribution >= 0.6 is 23.2 Å². The maximum atomic E-state index is 10.9. The van der Waals surface area contributed by atoms with Crippen LogP contribution in [-0.4, -0.2) is 43.9 Å². The van der Waals surface area contributed by atoms with Crippen molar-refractivity contribution in [3.8, 4) is 5.75 Å². The van der Waals surface area contributed by atoms with Gasteiger partial charge in [-0.05, 0) is 12.1 Å². The first kappa shape index (κ1) is 16.0. The molecule has 0 saturated heterocycles. The zero-order valence-corrected chi connectivity index (χ0v) is 12.0. The molecular weight excluding hydrogens is 291 g/mol. The molecule has 1 aromatic carbocycles. The van der Waals surface area contributed by atoms with Crippen LogP contribution < -0.4 is 15.4 Å². The Morgan fingerprint density at radius 2 is 2.21 bits per heavy atom. The minimum Gasteiger partial charge on any atom is -0.489 e. The van der Waals surface area contributed by atoms with E-state index in [9.17, 15) is 9.90 Å². The zero-order valence-electron chi connectivity index (χ0n) is 10.5. The van der Waals surface area contributed by atoms with Gasteiger partial charge in [0.1, 0.15) is 18.5 Å². The number of benzene rings is 1. The van der Waals surface area contributed by atoms with Gasteiger partial charge in [0.25, 0.3) is 0 Å². The average molecular weight is 307 g/mol. The molecule has 1 unspecified atom stereocenters. The molecule has 5 nitrogen and oxygen atoms in total. The minimum absolute atomic E-state index is 0.0564. The van der Waals surface area contributed by atoms with Crippen molar-refractivity contribution in [1.82, 2.24) is 10.6 Å². The van der Waals surface area contributed by atoms with Crippen molar-refractivity contribution >= 4 is 29.1 Å². The number of nitrogens with one attached hydrogen (secondary N) is 2. The van der Waals surface area contributed by atoms with Crippen LogP contribution in [0.15, 0.2) is 18.2 Å². The molecule has 1 aromatic rings. The fourth-order valence-electron chi connectivity index (χ4n) is 1.27. The fraction of sp³-hybridized carbons (Fsp3) is 0.417. The zero-order chi connectivity index (χ0) is 14.3. The van der Waals surface area contributed by atoms with Gasteiger partial charge in [0.05, 0.1) is 11.6 Å². The van der Waals surface area contributed by atoms with Crippen molar-refractivity contribution < 1.29 is 14.6 Å². The Balaban J connectivity index is 2.31. The van der Waals surface area contributed by atoms with E-state index in [1.54, 1.807) is 25.2 Å². The number of ether oxygens (including phenoxy) is 1. The lowest BCUT2D eigenvalue weighted by molar-refractivity contribution is -0.119. The van der Waals surface area contributed by atoms with Crippen molar-refractivity contribution in [3.05, 3.63) is 28.2 Å². The predicted octanol–water partition coefficient (Wildman–Crippen LogP) is 1.07. The molecule has 1 amide bonds. The summed E-state index contributed by atoms with van der Waals surface area (Å²) < 4.78 is 5.36. The molecule has 0 aliphatic carbocycles. The first-order chi connectivity index (χ1) is 9.02. The topological polar surface area (TPSA) is 70.6 Å². The Bertz CT molecular complexity index is 429. The second-order valence-electron chi connectivity index (χ2n) is 3.84. The SMILES string of the molecule is CNC(=O)CNCC(O)COc1cc(Cl)ccc1Cl. The van der Waals surface area contributed by atoms with Gasteiger partial charge in [0.15, 0.2) is 0 Å². The van der Waals surface area contributed by atoms with Crippen LogP contribution in [0, 0.1) is 0 Å². The van der Waals surface area contributed by atoms with Crippen LogP contribution in [0.3, 0.4) is 0 Å². The summed E-state index contributed by atoms with van der Waals surface area (Å²) in [6.07, 6.45) is -0.750. The van der Waals surface area contributed by atoms with E-state index in [2.05, 4.69) is 10.6 Å². The quantitative estimate of drug-likeness (QED) is 0.705. The maximum absolute atomic E-state index is 10.9.